The molecule has 114 valence electrons. The van der Waals surface area contributed by atoms with Crippen LogP contribution in [-0.4, -0.2) is 37.4 Å². The highest BCUT2D eigenvalue weighted by Crippen LogP contribution is 2.28. The van der Waals surface area contributed by atoms with Gasteiger partial charge in [0.15, 0.2) is 0 Å². The van der Waals surface area contributed by atoms with Crippen LogP contribution in [0.15, 0.2) is 18.2 Å². The van der Waals surface area contributed by atoms with E-state index in [4.69, 9.17) is 4.74 Å². The number of nitrogens with zero attached hydrogens (tertiary/aromatic N) is 1. The van der Waals surface area contributed by atoms with Crippen LogP contribution in [0.4, 0.5) is 4.39 Å². The lowest BCUT2D eigenvalue weighted by Gasteiger charge is -2.19. The van der Waals surface area contributed by atoms with Gasteiger partial charge in [0.2, 0.25) is 11.8 Å². The van der Waals surface area contributed by atoms with Crippen molar-refractivity contribution in [1.29, 1.82) is 0 Å². The highest BCUT2D eigenvalue weighted by atomic mass is 19.1. The van der Waals surface area contributed by atoms with Crippen molar-refractivity contribution in [2.75, 3.05) is 20.7 Å². The van der Waals surface area contributed by atoms with Crippen LogP contribution < -0.4 is 10.1 Å². The molecule has 0 radical (unpaired) electrons. The number of benzene rings is 1. The van der Waals surface area contributed by atoms with Crippen LogP contribution in [0, 0.1) is 11.7 Å². The number of hydrogen-bond donors (Lipinski definition) is 1. The first kappa shape index (κ1) is 15.3. The Bertz CT molecular complexity index is 562. The van der Waals surface area contributed by atoms with E-state index in [2.05, 4.69) is 5.32 Å². The van der Waals surface area contributed by atoms with Crippen LogP contribution in [0.2, 0.25) is 0 Å². The van der Waals surface area contributed by atoms with Crippen LogP contribution in [-0.2, 0) is 9.59 Å². The smallest absolute Gasteiger partial charge is 0.225 e. The van der Waals surface area contributed by atoms with E-state index in [9.17, 15) is 14.0 Å². The Morgan fingerprint density at radius 1 is 1.52 bits per heavy atom. The van der Waals surface area contributed by atoms with Crippen LogP contribution in [0.25, 0.3) is 0 Å². The fraction of sp³-hybridized carbons (Fsp3) is 0.467. The van der Waals surface area contributed by atoms with Crippen molar-refractivity contribution in [3.05, 3.63) is 29.6 Å². The molecular weight excluding hydrogens is 275 g/mol. The third kappa shape index (κ3) is 3.15. The first-order chi connectivity index (χ1) is 9.93. The summed E-state index contributed by atoms with van der Waals surface area (Å²) in [5, 5.41) is 2.76. The van der Waals surface area contributed by atoms with Crippen molar-refractivity contribution < 1.29 is 18.7 Å². The largest absolute Gasteiger partial charge is 0.496 e. The van der Waals surface area contributed by atoms with Crippen molar-refractivity contribution >= 4 is 11.8 Å². The SMILES string of the molecule is COc1cccc(F)c1[C@H](C)NC(=O)[C@H]1CC(=O)N(C)C1. The van der Waals surface area contributed by atoms with E-state index >= 15 is 0 Å². The fourth-order valence-electron chi connectivity index (χ4n) is 2.56. The third-order valence-corrected chi connectivity index (χ3v) is 3.74. The van der Waals surface area contributed by atoms with Gasteiger partial charge in [0.25, 0.3) is 0 Å². The molecule has 6 heteroatoms. The molecule has 1 aliphatic rings. The molecule has 5 nitrogen and oxygen atoms in total. The minimum atomic E-state index is -0.533. The maximum Gasteiger partial charge on any atom is 0.225 e. The summed E-state index contributed by atoms with van der Waals surface area (Å²) in [6, 6.07) is 3.99. The van der Waals surface area contributed by atoms with Gasteiger partial charge < -0.3 is 15.0 Å². The van der Waals surface area contributed by atoms with Gasteiger partial charge in [-0.05, 0) is 19.1 Å². The molecule has 1 N–H and O–H groups in total. The lowest BCUT2D eigenvalue weighted by Crippen LogP contribution is -2.34. The van der Waals surface area contributed by atoms with Crippen molar-refractivity contribution in [1.82, 2.24) is 10.2 Å². The minimum Gasteiger partial charge on any atom is -0.496 e. The summed E-state index contributed by atoms with van der Waals surface area (Å²) in [6.07, 6.45) is 0.198. The Morgan fingerprint density at radius 2 is 2.24 bits per heavy atom. The molecule has 21 heavy (non-hydrogen) atoms. The molecule has 0 saturated carbocycles. The molecule has 0 spiro atoms. The van der Waals surface area contributed by atoms with E-state index in [0.717, 1.165) is 0 Å². The van der Waals surface area contributed by atoms with Crippen LogP contribution in [0.5, 0.6) is 5.75 Å². The molecule has 1 fully saturated rings. The van der Waals surface area contributed by atoms with E-state index in [1.807, 2.05) is 0 Å². The maximum absolute atomic E-state index is 13.9. The Morgan fingerprint density at radius 3 is 2.81 bits per heavy atom. The van der Waals surface area contributed by atoms with E-state index < -0.39 is 11.9 Å². The van der Waals surface area contributed by atoms with Crippen molar-refractivity contribution in [3.8, 4) is 5.75 Å². The monoisotopic (exact) mass is 294 g/mol. The van der Waals surface area contributed by atoms with Gasteiger partial charge in [-0.1, -0.05) is 6.07 Å². The number of nitrogens with one attached hydrogen (secondary N) is 1. The summed E-state index contributed by atoms with van der Waals surface area (Å²) in [4.78, 5) is 25.2. The zero-order valence-corrected chi connectivity index (χ0v) is 12.4. The molecular formula is C15H19FN2O3. The highest BCUT2D eigenvalue weighted by molar-refractivity contribution is 5.89. The molecule has 0 aliphatic carbocycles. The molecule has 1 aromatic carbocycles. The van der Waals surface area contributed by atoms with Gasteiger partial charge in [-0.15, -0.1) is 0 Å². The number of rotatable bonds is 4. The van der Waals surface area contributed by atoms with Gasteiger partial charge in [0, 0.05) is 20.0 Å². The fourth-order valence-corrected chi connectivity index (χ4v) is 2.56. The van der Waals surface area contributed by atoms with E-state index in [1.54, 1.807) is 26.1 Å². The van der Waals surface area contributed by atoms with Crippen LogP contribution in [0.1, 0.15) is 24.9 Å². The van der Waals surface area contributed by atoms with E-state index in [0.29, 0.717) is 17.9 Å². The lowest BCUT2D eigenvalue weighted by atomic mass is 10.0. The number of hydrogen-bond acceptors (Lipinski definition) is 3. The zero-order valence-electron chi connectivity index (χ0n) is 12.4. The maximum atomic E-state index is 13.9. The average Bonchev–Trinajstić information content (AvgIpc) is 2.78. The number of likely N-dealkylation sites (tertiary alicyclic amines) is 1. The molecule has 0 bridgehead atoms. The van der Waals surface area contributed by atoms with Gasteiger partial charge in [0.05, 0.1) is 24.6 Å². The summed E-state index contributed by atoms with van der Waals surface area (Å²) in [6.45, 7) is 2.09. The first-order valence-corrected chi connectivity index (χ1v) is 6.80. The predicted molar refractivity (Wildman–Crippen MR) is 75.3 cm³/mol. The van der Waals surface area contributed by atoms with Gasteiger partial charge in [-0.3, -0.25) is 9.59 Å². The number of ether oxygens (including phenoxy) is 1. The molecule has 2 rings (SSSR count). The second kappa shape index (κ2) is 6.11. The molecule has 1 aromatic rings. The molecule has 0 unspecified atom stereocenters. The zero-order chi connectivity index (χ0) is 15.6. The number of methoxy groups -OCH3 is 1. The van der Waals surface area contributed by atoms with Gasteiger partial charge in [0.1, 0.15) is 11.6 Å². The number of carbonyl (C=O) groups excluding carboxylic acids is 2. The Labute approximate surface area is 123 Å². The summed E-state index contributed by atoms with van der Waals surface area (Å²) in [5.74, 6) is -0.719. The van der Waals surface area contributed by atoms with Crippen molar-refractivity contribution in [2.45, 2.75) is 19.4 Å². The standard InChI is InChI=1S/C15H19FN2O3/c1-9(14-11(16)5-4-6-12(14)21-3)17-15(20)10-7-13(19)18(2)8-10/h4-6,9-10H,7-8H2,1-3H3,(H,17,20)/t9-,10-/m0/s1. The molecule has 1 heterocycles. The highest BCUT2D eigenvalue weighted by Gasteiger charge is 2.33. The minimum absolute atomic E-state index is 0.0497. The van der Waals surface area contributed by atoms with Gasteiger partial charge >= 0.3 is 0 Å². The van der Waals surface area contributed by atoms with Gasteiger partial charge in [-0.2, -0.15) is 0 Å². The van der Waals surface area contributed by atoms with Gasteiger partial charge in [-0.25, -0.2) is 4.39 Å². The van der Waals surface area contributed by atoms with Crippen LogP contribution in [0.3, 0.4) is 0 Å². The summed E-state index contributed by atoms with van der Waals surface area (Å²) < 4.78 is 19.1. The Balaban J connectivity index is 2.10. The number of carbonyl (C=O) groups is 2. The lowest BCUT2D eigenvalue weighted by molar-refractivity contribution is -0.128. The molecule has 2 amide bonds. The van der Waals surface area contributed by atoms with Crippen molar-refractivity contribution in [2.24, 2.45) is 5.92 Å². The Hall–Kier alpha value is -2.11. The van der Waals surface area contributed by atoms with E-state index in [-0.39, 0.29) is 24.2 Å². The summed E-state index contributed by atoms with van der Waals surface area (Å²) >= 11 is 0. The quantitative estimate of drug-likeness (QED) is 0.915. The first-order valence-electron chi connectivity index (χ1n) is 6.80. The average molecular weight is 294 g/mol. The summed E-state index contributed by atoms with van der Waals surface area (Å²) in [5.41, 5.74) is 0.311. The third-order valence-electron chi connectivity index (χ3n) is 3.74. The molecule has 2 atom stereocenters. The molecule has 0 aromatic heterocycles. The molecule has 1 saturated heterocycles. The topological polar surface area (TPSA) is 58.6 Å². The summed E-state index contributed by atoms with van der Waals surface area (Å²) in [7, 11) is 3.12. The Kier molecular flexibility index (Phi) is 4.45. The van der Waals surface area contributed by atoms with Crippen LogP contribution >= 0.6 is 0 Å². The second-order valence-electron chi connectivity index (χ2n) is 5.26. The predicted octanol–water partition coefficient (Wildman–Crippen LogP) is 1.49. The number of amides is 2. The van der Waals surface area contributed by atoms with E-state index in [1.165, 1.54) is 18.1 Å². The molecule has 1 aliphatic heterocycles. The number of halogens is 1. The van der Waals surface area contributed by atoms with Crippen molar-refractivity contribution in [3.63, 3.8) is 0 Å². The normalized spacial score (nSPS) is 19.5. The second-order valence-corrected chi connectivity index (χ2v) is 5.26.